The van der Waals surface area contributed by atoms with Crippen LogP contribution in [0.4, 0.5) is 0 Å². The van der Waals surface area contributed by atoms with Crippen LogP contribution in [0.3, 0.4) is 0 Å². The van der Waals surface area contributed by atoms with E-state index < -0.39 is 15.8 Å². The van der Waals surface area contributed by atoms with E-state index in [1.54, 1.807) is 0 Å². The lowest BCUT2D eigenvalue weighted by molar-refractivity contribution is -0.138. The van der Waals surface area contributed by atoms with Gasteiger partial charge in [0.25, 0.3) is 0 Å². The highest BCUT2D eigenvalue weighted by Crippen LogP contribution is 2.04. The molecule has 0 aromatic heterocycles. The Kier molecular flexibility index (Phi) is 6.04. The molecule has 1 fully saturated rings. The normalized spacial score (nSPS) is 19.6. The van der Waals surface area contributed by atoms with Gasteiger partial charge < -0.3 is 10.0 Å². The van der Waals surface area contributed by atoms with Crippen LogP contribution in [0, 0.1) is 0 Å². The lowest BCUT2D eigenvalue weighted by Gasteiger charge is -2.20. The van der Waals surface area contributed by atoms with Crippen molar-refractivity contribution in [3.05, 3.63) is 0 Å². The Balaban J connectivity index is 2.27. The lowest BCUT2D eigenvalue weighted by Crippen LogP contribution is -2.34. The molecule has 7 heteroatoms. The molecule has 0 unspecified atom stereocenters. The number of hydrogen-bond acceptors (Lipinski definition) is 5. The average molecular weight is 278 g/mol. The maximum atomic E-state index is 11.0. The summed E-state index contributed by atoms with van der Waals surface area (Å²) in [5.74, 6) is -0.567. The predicted molar refractivity (Wildman–Crippen MR) is 69.5 cm³/mol. The minimum atomic E-state index is -2.88. The number of carbonyl (C=O) groups is 1. The van der Waals surface area contributed by atoms with E-state index in [2.05, 4.69) is 4.90 Å². The van der Waals surface area contributed by atoms with Gasteiger partial charge in [-0.25, -0.2) is 8.42 Å². The van der Waals surface area contributed by atoms with Crippen LogP contribution in [0.1, 0.15) is 12.8 Å². The van der Waals surface area contributed by atoms with E-state index in [1.807, 2.05) is 4.90 Å². The van der Waals surface area contributed by atoms with Gasteiger partial charge >= 0.3 is 5.97 Å². The molecule has 1 N–H and O–H groups in total. The summed E-state index contributed by atoms with van der Waals surface area (Å²) in [6, 6.07) is 0. The van der Waals surface area contributed by atoms with Crippen LogP contribution in [0.5, 0.6) is 0 Å². The predicted octanol–water partition coefficient (Wildman–Crippen LogP) is -0.487. The van der Waals surface area contributed by atoms with E-state index in [0.717, 1.165) is 39.1 Å². The van der Waals surface area contributed by atoms with Crippen molar-refractivity contribution >= 4 is 15.8 Å². The molecule has 0 aromatic rings. The average Bonchev–Trinajstić information content (AvgIpc) is 2.41. The monoisotopic (exact) mass is 278 g/mol. The molecule has 1 aliphatic rings. The molecule has 0 bridgehead atoms. The first-order valence-corrected chi connectivity index (χ1v) is 8.27. The van der Waals surface area contributed by atoms with E-state index in [1.165, 1.54) is 6.26 Å². The summed E-state index contributed by atoms with van der Waals surface area (Å²) in [6.45, 7) is 4.14. The van der Waals surface area contributed by atoms with E-state index in [4.69, 9.17) is 5.11 Å². The molecule has 1 heterocycles. The Morgan fingerprint density at radius 1 is 1.17 bits per heavy atom. The summed E-state index contributed by atoms with van der Waals surface area (Å²) in [6.07, 6.45) is 2.84. The first-order chi connectivity index (χ1) is 8.37. The van der Waals surface area contributed by atoms with Crippen LogP contribution in [0.2, 0.25) is 0 Å². The zero-order valence-corrected chi connectivity index (χ0v) is 11.7. The maximum Gasteiger partial charge on any atom is 0.317 e. The number of nitrogens with zero attached hydrogens (tertiary/aromatic N) is 2. The molecule has 0 atom stereocenters. The molecule has 6 nitrogen and oxygen atoms in total. The molecular formula is C11H22N2O4S. The lowest BCUT2D eigenvalue weighted by atomic mass is 10.3. The van der Waals surface area contributed by atoms with Crippen molar-refractivity contribution < 1.29 is 18.3 Å². The van der Waals surface area contributed by atoms with Crippen molar-refractivity contribution in [1.29, 1.82) is 0 Å². The van der Waals surface area contributed by atoms with Crippen molar-refractivity contribution in [2.75, 3.05) is 51.3 Å². The first-order valence-electron chi connectivity index (χ1n) is 6.21. The molecule has 1 aliphatic heterocycles. The van der Waals surface area contributed by atoms with Crippen LogP contribution in [-0.2, 0) is 14.6 Å². The van der Waals surface area contributed by atoms with Gasteiger partial charge in [-0.3, -0.25) is 9.69 Å². The summed E-state index contributed by atoms with van der Waals surface area (Å²) in [4.78, 5) is 14.8. The quantitative estimate of drug-likeness (QED) is 0.706. The highest BCUT2D eigenvalue weighted by Gasteiger charge is 2.16. The fourth-order valence-corrected chi connectivity index (χ4v) is 2.80. The summed E-state index contributed by atoms with van der Waals surface area (Å²) in [5, 5.41) is 8.73. The Bertz CT molecular complexity index is 369. The van der Waals surface area contributed by atoms with E-state index in [-0.39, 0.29) is 12.3 Å². The van der Waals surface area contributed by atoms with Crippen LogP contribution in [0.15, 0.2) is 0 Å². The number of sulfone groups is 1. The Labute approximate surface area is 108 Å². The van der Waals surface area contributed by atoms with Gasteiger partial charge in [-0.2, -0.15) is 0 Å². The van der Waals surface area contributed by atoms with Crippen molar-refractivity contribution in [3.63, 3.8) is 0 Å². The first kappa shape index (κ1) is 15.4. The summed E-state index contributed by atoms with van der Waals surface area (Å²) < 4.78 is 22.0. The fourth-order valence-electron chi connectivity index (χ4n) is 2.15. The topological polar surface area (TPSA) is 77.9 Å². The molecule has 0 saturated carbocycles. The third kappa shape index (κ3) is 6.93. The number of rotatable bonds is 6. The Morgan fingerprint density at radius 3 is 2.39 bits per heavy atom. The molecule has 18 heavy (non-hydrogen) atoms. The third-order valence-corrected chi connectivity index (χ3v) is 4.06. The van der Waals surface area contributed by atoms with Gasteiger partial charge in [0.05, 0.1) is 12.3 Å². The van der Waals surface area contributed by atoms with Crippen LogP contribution < -0.4 is 0 Å². The number of carboxylic acids is 1. The van der Waals surface area contributed by atoms with Crippen molar-refractivity contribution in [3.8, 4) is 0 Å². The standard InChI is InChI=1S/C11H22N2O4S/c1-18(16,17)9-3-6-12-4-2-5-13(8-7-12)10-11(14)15/h2-10H2,1H3,(H,14,15). The number of carboxylic acid groups (broad SMARTS) is 1. The molecule has 0 amide bonds. The largest absolute Gasteiger partial charge is 0.480 e. The van der Waals surface area contributed by atoms with Gasteiger partial charge in [-0.05, 0) is 25.9 Å². The summed E-state index contributed by atoms with van der Waals surface area (Å²) >= 11 is 0. The zero-order valence-electron chi connectivity index (χ0n) is 10.8. The van der Waals surface area contributed by atoms with Gasteiger partial charge in [0.1, 0.15) is 9.84 Å². The second-order valence-corrected chi connectivity index (χ2v) is 7.11. The van der Waals surface area contributed by atoms with E-state index >= 15 is 0 Å². The maximum absolute atomic E-state index is 11.0. The smallest absolute Gasteiger partial charge is 0.317 e. The van der Waals surface area contributed by atoms with Gasteiger partial charge in [-0.1, -0.05) is 0 Å². The minimum Gasteiger partial charge on any atom is -0.480 e. The molecule has 0 spiro atoms. The summed E-state index contributed by atoms with van der Waals surface area (Å²) in [5.41, 5.74) is 0. The molecular weight excluding hydrogens is 256 g/mol. The Hall–Kier alpha value is -0.660. The third-order valence-electron chi connectivity index (χ3n) is 3.03. The van der Waals surface area contributed by atoms with Crippen molar-refractivity contribution in [2.45, 2.75) is 12.8 Å². The van der Waals surface area contributed by atoms with E-state index in [9.17, 15) is 13.2 Å². The van der Waals surface area contributed by atoms with Crippen molar-refractivity contribution in [2.24, 2.45) is 0 Å². The zero-order chi connectivity index (χ0) is 13.6. The molecule has 1 rings (SSSR count). The highest BCUT2D eigenvalue weighted by molar-refractivity contribution is 7.90. The molecule has 1 saturated heterocycles. The van der Waals surface area contributed by atoms with Gasteiger partial charge in [0.2, 0.25) is 0 Å². The second-order valence-electron chi connectivity index (χ2n) is 4.85. The van der Waals surface area contributed by atoms with Crippen molar-refractivity contribution in [1.82, 2.24) is 9.80 Å². The second kappa shape index (κ2) is 7.06. The molecule has 0 radical (unpaired) electrons. The van der Waals surface area contributed by atoms with Crippen LogP contribution in [0.25, 0.3) is 0 Å². The van der Waals surface area contributed by atoms with Gasteiger partial charge in [-0.15, -0.1) is 0 Å². The number of hydrogen-bond donors (Lipinski definition) is 1. The fraction of sp³-hybridized carbons (Fsp3) is 0.909. The van der Waals surface area contributed by atoms with Gasteiger partial charge in [0, 0.05) is 25.9 Å². The molecule has 0 aliphatic carbocycles. The van der Waals surface area contributed by atoms with Crippen LogP contribution >= 0.6 is 0 Å². The van der Waals surface area contributed by atoms with Crippen LogP contribution in [-0.4, -0.2) is 80.6 Å². The minimum absolute atomic E-state index is 0.0944. The highest BCUT2D eigenvalue weighted by atomic mass is 32.2. The number of aliphatic carboxylic acids is 1. The SMILES string of the molecule is CS(=O)(=O)CCCN1CCCN(CC(=O)O)CC1. The molecule has 106 valence electrons. The van der Waals surface area contributed by atoms with Gasteiger partial charge in [0.15, 0.2) is 0 Å². The summed E-state index contributed by atoms with van der Waals surface area (Å²) in [7, 11) is -2.88. The van der Waals surface area contributed by atoms with E-state index in [0.29, 0.717) is 6.42 Å². The Morgan fingerprint density at radius 2 is 1.78 bits per heavy atom. The molecule has 0 aromatic carbocycles.